The molecular formula is C16H24N2O3. The Hall–Kier alpha value is -1.88. The number of likely N-dealkylation sites (N-methyl/N-ethyl adjacent to an activating group) is 1. The highest BCUT2D eigenvalue weighted by molar-refractivity contribution is 6.39. The van der Waals surface area contributed by atoms with Crippen LogP contribution in [0.4, 0.5) is 5.69 Å². The maximum absolute atomic E-state index is 11.9. The van der Waals surface area contributed by atoms with Crippen molar-refractivity contribution in [1.82, 2.24) is 4.90 Å². The van der Waals surface area contributed by atoms with E-state index in [0.717, 1.165) is 5.56 Å². The van der Waals surface area contributed by atoms with Crippen LogP contribution in [0.15, 0.2) is 24.3 Å². The number of aliphatic hydroxyl groups is 1. The van der Waals surface area contributed by atoms with Crippen LogP contribution >= 0.6 is 0 Å². The predicted octanol–water partition coefficient (Wildman–Crippen LogP) is 1.76. The number of carbonyl (C=O) groups is 2. The lowest BCUT2D eigenvalue weighted by molar-refractivity contribution is -0.143. The van der Waals surface area contributed by atoms with E-state index in [-0.39, 0.29) is 18.6 Å². The molecule has 0 spiro atoms. The number of benzene rings is 1. The molecule has 0 aliphatic rings. The summed E-state index contributed by atoms with van der Waals surface area (Å²) in [4.78, 5) is 25.1. The second kappa shape index (κ2) is 7.22. The number of anilines is 1. The van der Waals surface area contributed by atoms with E-state index in [4.69, 9.17) is 5.11 Å². The molecule has 116 valence electrons. The fourth-order valence-corrected chi connectivity index (χ4v) is 1.91. The van der Waals surface area contributed by atoms with Gasteiger partial charge in [-0.05, 0) is 30.0 Å². The monoisotopic (exact) mass is 292 g/mol. The Morgan fingerprint density at radius 1 is 1.19 bits per heavy atom. The summed E-state index contributed by atoms with van der Waals surface area (Å²) < 4.78 is 0. The topological polar surface area (TPSA) is 69.6 Å². The molecule has 1 aromatic carbocycles. The van der Waals surface area contributed by atoms with E-state index in [2.05, 4.69) is 26.1 Å². The zero-order valence-corrected chi connectivity index (χ0v) is 13.1. The molecule has 2 N–H and O–H groups in total. The van der Waals surface area contributed by atoms with Crippen LogP contribution in [0.2, 0.25) is 0 Å². The van der Waals surface area contributed by atoms with Crippen molar-refractivity contribution < 1.29 is 14.7 Å². The Kier molecular flexibility index (Phi) is 5.90. The zero-order valence-electron chi connectivity index (χ0n) is 13.1. The molecular weight excluding hydrogens is 268 g/mol. The van der Waals surface area contributed by atoms with Gasteiger partial charge in [-0.3, -0.25) is 9.59 Å². The fourth-order valence-electron chi connectivity index (χ4n) is 1.91. The number of rotatable bonds is 4. The third-order valence-electron chi connectivity index (χ3n) is 3.24. The number of hydrogen-bond acceptors (Lipinski definition) is 3. The van der Waals surface area contributed by atoms with E-state index >= 15 is 0 Å². The number of hydrogen-bond donors (Lipinski definition) is 2. The van der Waals surface area contributed by atoms with E-state index in [1.165, 1.54) is 4.90 Å². The van der Waals surface area contributed by atoms with Gasteiger partial charge in [-0.2, -0.15) is 0 Å². The van der Waals surface area contributed by atoms with E-state index in [9.17, 15) is 9.59 Å². The van der Waals surface area contributed by atoms with Gasteiger partial charge in [-0.1, -0.05) is 32.9 Å². The smallest absolute Gasteiger partial charge is 0.313 e. The van der Waals surface area contributed by atoms with Crippen molar-refractivity contribution in [3.05, 3.63) is 29.8 Å². The molecule has 2 amide bonds. The molecule has 0 unspecified atom stereocenters. The minimum absolute atomic E-state index is 0.0402. The highest BCUT2D eigenvalue weighted by Crippen LogP contribution is 2.23. The van der Waals surface area contributed by atoms with Crippen LogP contribution in [-0.4, -0.2) is 41.5 Å². The quantitative estimate of drug-likeness (QED) is 0.831. The van der Waals surface area contributed by atoms with E-state index in [0.29, 0.717) is 12.2 Å². The van der Waals surface area contributed by atoms with Crippen molar-refractivity contribution in [2.45, 2.75) is 33.1 Å². The highest BCUT2D eigenvalue weighted by atomic mass is 16.3. The van der Waals surface area contributed by atoms with Gasteiger partial charge in [-0.15, -0.1) is 0 Å². The normalized spacial score (nSPS) is 11.1. The average molecular weight is 292 g/mol. The van der Waals surface area contributed by atoms with Gasteiger partial charge in [0.25, 0.3) is 0 Å². The van der Waals surface area contributed by atoms with Crippen LogP contribution in [-0.2, 0) is 15.0 Å². The fraction of sp³-hybridized carbons (Fsp3) is 0.500. The largest absolute Gasteiger partial charge is 0.395 e. The van der Waals surface area contributed by atoms with Gasteiger partial charge in [0.1, 0.15) is 0 Å². The number of amides is 2. The molecule has 0 saturated carbocycles. The molecule has 0 radical (unpaired) electrons. The number of nitrogens with one attached hydrogen (secondary N) is 1. The summed E-state index contributed by atoms with van der Waals surface area (Å²) >= 11 is 0. The molecule has 1 rings (SSSR count). The lowest BCUT2D eigenvalue weighted by Crippen LogP contribution is -2.41. The van der Waals surface area contributed by atoms with Gasteiger partial charge < -0.3 is 15.3 Å². The van der Waals surface area contributed by atoms with Crippen molar-refractivity contribution in [3.8, 4) is 0 Å². The Morgan fingerprint density at radius 2 is 1.76 bits per heavy atom. The van der Waals surface area contributed by atoms with Crippen LogP contribution in [0.3, 0.4) is 0 Å². The second-order valence-corrected chi connectivity index (χ2v) is 5.89. The number of nitrogens with zero attached hydrogens (tertiary/aromatic N) is 1. The molecule has 21 heavy (non-hydrogen) atoms. The first kappa shape index (κ1) is 17.2. The molecule has 0 fully saturated rings. The van der Waals surface area contributed by atoms with Crippen molar-refractivity contribution in [1.29, 1.82) is 0 Å². The van der Waals surface area contributed by atoms with E-state index < -0.39 is 11.8 Å². The summed E-state index contributed by atoms with van der Waals surface area (Å²) in [5.41, 5.74) is 1.78. The summed E-state index contributed by atoms with van der Waals surface area (Å²) in [6, 6.07) is 7.44. The molecule has 0 heterocycles. The van der Waals surface area contributed by atoms with Crippen LogP contribution in [0, 0.1) is 0 Å². The first-order valence-corrected chi connectivity index (χ1v) is 7.11. The minimum Gasteiger partial charge on any atom is -0.395 e. The third kappa shape index (κ3) is 4.86. The molecule has 0 bridgehead atoms. The summed E-state index contributed by atoms with van der Waals surface area (Å²) in [5, 5.41) is 11.5. The maximum atomic E-state index is 11.9. The van der Waals surface area contributed by atoms with Crippen molar-refractivity contribution in [2.24, 2.45) is 0 Å². The lowest BCUT2D eigenvalue weighted by atomic mass is 9.87. The average Bonchev–Trinajstić information content (AvgIpc) is 2.43. The highest BCUT2D eigenvalue weighted by Gasteiger charge is 2.20. The summed E-state index contributed by atoms with van der Waals surface area (Å²) in [6.07, 6.45) is 0. The number of carbonyl (C=O) groups excluding carboxylic acids is 2. The van der Waals surface area contributed by atoms with Gasteiger partial charge in [0.2, 0.25) is 0 Å². The van der Waals surface area contributed by atoms with E-state index in [1.54, 1.807) is 19.1 Å². The first-order chi connectivity index (χ1) is 9.79. The minimum atomic E-state index is -0.686. The molecule has 0 saturated heterocycles. The van der Waals surface area contributed by atoms with Gasteiger partial charge in [0, 0.05) is 18.8 Å². The zero-order chi connectivity index (χ0) is 16.0. The lowest BCUT2D eigenvalue weighted by Gasteiger charge is -2.20. The van der Waals surface area contributed by atoms with Crippen LogP contribution < -0.4 is 5.32 Å². The van der Waals surface area contributed by atoms with Crippen LogP contribution in [0.25, 0.3) is 0 Å². The Bertz CT molecular complexity index is 489. The number of aliphatic hydroxyl groups excluding tert-OH is 1. The first-order valence-electron chi connectivity index (χ1n) is 7.11. The van der Waals surface area contributed by atoms with Gasteiger partial charge in [0.05, 0.1) is 6.61 Å². The Balaban J connectivity index is 2.72. The van der Waals surface area contributed by atoms with Crippen LogP contribution in [0.1, 0.15) is 33.3 Å². The SMILES string of the molecule is CCN(CCO)C(=O)C(=O)Nc1ccc(C(C)(C)C)cc1. The van der Waals surface area contributed by atoms with E-state index in [1.807, 2.05) is 12.1 Å². The van der Waals surface area contributed by atoms with Gasteiger partial charge in [0.15, 0.2) is 0 Å². The van der Waals surface area contributed by atoms with Crippen molar-refractivity contribution >= 4 is 17.5 Å². The van der Waals surface area contributed by atoms with Gasteiger partial charge >= 0.3 is 11.8 Å². The molecule has 0 aliphatic carbocycles. The standard InChI is InChI=1S/C16H24N2O3/c1-5-18(10-11-19)15(21)14(20)17-13-8-6-12(7-9-13)16(2,3)4/h6-9,19H,5,10-11H2,1-4H3,(H,17,20). The Morgan fingerprint density at radius 3 is 2.19 bits per heavy atom. The summed E-state index contributed by atoms with van der Waals surface area (Å²) in [7, 11) is 0. The maximum Gasteiger partial charge on any atom is 0.313 e. The predicted molar refractivity (Wildman–Crippen MR) is 83.1 cm³/mol. The Labute approximate surface area is 126 Å². The molecule has 0 atom stereocenters. The second-order valence-electron chi connectivity index (χ2n) is 5.89. The van der Waals surface area contributed by atoms with Crippen LogP contribution in [0.5, 0.6) is 0 Å². The van der Waals surface area contributed by atoms with Gasteiger partial charge in [-0.25, -0.2) is 0 Å². The third-order valence-corrected chi connectivity index (χ3v) is 3.24. The molecule has 0 aromatic heterocycles. The molecule has 0 aliphatic heterocycles. The summed E-state index contributed by atoms with van der Waals surface area (Å²) in [5.74, 6) is -1.32. The van der Waals surface area contributed by atoms with Crippen molar-refractivity contribution in [3.63, 3.8) is 0 Å². The molecule has 1 aromatic rings. The van der Waals surface area contributed by atoms with Crippen molar-refractivity contribution in [2.75, 3.05) is 25.0 Å². The molecule has 5 nitrogen and oxygen atoms in total. The molecule has 5 heteroatoms. The summed E-state index contributed by atoms with van der Waals surface area (Å²) in [6.45, 7) is 8.47.